The molecule has 3 rings (SSSR count). The van der Waals surface area contributed by atoms with Crippen LogP contribution in [0.5, 0.6) is 0 Å². The highest BCUT2D eigenvalue weighted by molar-refractivity contribution is 7.18. The zero-order valence-electron chi connectivity index (χ0n) is 8.88. The van der Waals surface area contributed by atoms with Crippen LogP contribution in [0, 0.1) is 6.92 Å². The SMILES string of the molecule is Cc1c(-c2ccco2)nc2sc(C(=O)O)cn12. The van der Waals surface area contributed by atoms with Gasteiger partial charge in [0, 0.05) is 6.20 Å². The minimum absolute atomic E-state index is 0.279. The average molecular weight is 248 g/mol. The van der Waals surface area contributed by atoms with E-state index in [-0.39, 0.29) is 4.88 Å². The summed E-state index contributed by atoms with van der Waals surface area (Å²) in [4.78, 5) is 16.2. The van der Waals surface area contributed by atoms with Gasteiger partial charge in [-0.3, -0.25) is 4.40 Å². The normalized spacial score (nSPS) is 11.1. The minimum atomic E-state index is -0.931. The lowest BCUT2D eigenvalue weighted by atomic mass is 10.3. The molecule has 0 fully saturated rings. The number of furan rings is 1. The van der Waals surface area contributed by atoms with E-state index < -0.39 is 5.97 Å². The van der Waals surface area contributed by atoms with Gasteiger partial charge >= 0.3 is 5.97 Å². The van der Waals surface area contributed by atoms with E-state index in [0.717, 1.165) is 22.7 Å². The first-order chi connectivity index (χ1) is 8.16. The number of aromatic nitrogens is 2. The zero-order valence-corrected chi connectivity index (χ0v) is 9.69. The maximum atomic E-state index is 10.8. The standard InChI is InChI=1S/C11H8N2O3S/c1-6-9(7-3-2-4-16-7)12-11-13(6)5-8(17-11)10(14)15/h2-5H,1H3,(H,14,15). The van der Waals surface area contributed by atoms with Gasteiger partial charge in [-0.05, 0) is 19.1 Å². The number of carboxylic acid groups (broad SMARTS) is 1. The largest absolute Gasteiger partial charge is 0.477 e. The predicted octanol–water partition coefficient (Wildman–Crippen LogP) is 2.66. The first-order valence-corrected chi connectivity index (χ1v) is 5.74. The number of imidazole rings is 1. The van der Waals surface area contributed by atoms with Crippen LogP contribution in [0.15, 0.2) is 29.0 Å². The van der Waals surface area contributed by atoms with Gasteiger partial charge in [-0.1, -0.05) is 11.3 Å². The number of hydrogen-bond donors (Lipinski definition) is 1. The lowest BCUT2D eigenvalue weighted by Gasteiger charge is -1.93. The van der Waals surface area contributed by atoms with Gasteiger partial charge in [0.25, 0.3) is 0 Å². The molecule has 0 aliphatic heterocycles. The fourth-order valence-corrected chi connectivity index (χ4v) is 2.57. The molecule has 0 saturated carbocycles. The van der Waals surface area contributed by atoms with Crippen LogP contribution in [0.25, 0.3) is 16.4 Å². The third-order valence-corrected chi connectivity index (χ3v) is 3.50. The summed E-state index contributed by atoms with van der Waals surface area (Å²) in [5, 5.41) is 8.90. The van der Waals surface area contributed by atoms with Crippen LogP contribution >= 0.6 is 11.3 Å². The highest BCUT2D eigenvalue weighted by atomic mass is 32.1. The van der Waals surface area contributed by atoms with Gasteiger partial charge in [0.2, 0.25) is 0 Å². The Labute approximate surface area is 99.9 Å². The molecule has 0 aliphatic rings. The molecule has 0 amide bonds. The van der Waals surface area contributed by atoms with Crippen molar-refractivity contribution in [3.8, 4) is 11.5 Å². The number of rotatable bonds is 2. The number of thiazole rings is 1. The summed E-state index contributed by atoms with van der Waals surface area (Å²) >= 11 is 1.15. The van der Waals surface area contributed by atoms with Crippen LogP contribution in [0.2, 0.25) is 0 Å². The van der Waals surface area contributed by atoms with Crippen molar-refractivity contribution in [2.75, 3.05) is 0 Å². The van der Waals surface area contributed by atoms with E-state index >= 15 is 0 Å². The average Bonchev–Trinajstić information content (AvgIpc) is 2.95. The van der Waals surface area contributed by atoms with Gasteiger partial charge in [0.05, 0.1) is 12.0 Å². The van der Waals surface area contributed by atoms with Gasteiger partial charge in [-0.25, -0.2) is 9.78 Å². The third kappa shape index (κ3) is 1.45. The molecular formula is C11H8N2O3S. The van der Waals surface area contributed by atoms with Crippen LogP contribution in [-0.4, -0.2) is 20.5 Å². The minimum Gasteiger partial charge on any atom is -0.477 e. The van der Waals surface area contributed by atoms with Crippen molar-refractivity contribution in [2.45, 2.75) is 6.92 Å². The molecule has 1 N–H and O–H groups in total. The predicted molar refractivity (Wildman–Crippen MR) is 62.5 cm³/mol. The molecule has 17 heavy (non-hydrogen) atoms. The highest BCUT2D eigenvalue weighted by Crippen LogP contribution is 2.28. The van der Waals surface area contributed by atoms with Gasteiger partial charge < -0.3 is 9.52 Å². The van der Waals surface area contributed by atoms with Gasteiger partial charge in [0.15, 0.2) is 10.7 Å². The van der Waals surface area contributed by atoms with Crippen LogP contribution in [-0.2, 0) is 0 Å². The Morgan fingerprint density at radius 1 is 1.59 bits per heavy atom. The van der Waals surface area contributed by atoms with Crippen LogP contribution in [0.1, 0.15) is 15.4 Å². The van der Waals surface area contributed by atoms with Crippen molar-refractivity contribution in [3.05, 3.63) is 35.2 Å². The molecule has 0 atom stereocenters. The Hall–Kier alpha value is -2.08. The molecule has 0 spiro atoms. The Morgan fingerprint density at radius 2 is 2.41 bits per heavy atom. The number of nitrogens with zero attached hydrogens (tertiary/aromatic N) is 2. The van der Waals surface area contributed by atoms with Gasteiger partial charge in [0.1, 0.15) is 10.6 Å². The molecule has 0 unspecified atom stereocenters. The monoisotopic (exact) mass is 248 g/mol. The maximum Gasteiger partial charge on any atom is 0.347 e. The molecule has 0 aromatic carbocycles. The Bertz CT molecular complexity index is 694. The van der Waals surface area contributed by atoms with E-state index in [1.165, 1.54) is 0 Å². The quantitative estimate of drug-likeness (QED) is 0.757. The van der Waals surface area contributed by atoms with Crippen molar-refractivity contribution in [1.82, 2.24) is 9.38 Å². The lowest BCUT2D eigenvalue weighted by molar-refractivity contribution is 0.0702. The Kier molecular flexibility index (Phi) is 2.05. The second-order valence-electron chi connectivity index (χ2n) is 3.58. The Morgan fingerprint density at radius 3 is 3.00 bits per heavy atom. The first-order valence-electron chi connectivity index (χ1n) is 4.92. The number of aryl methyl sites for hydroxylation is 1. The van der Waals surface area contributed by atoms with Crippen LogP contribution in [0.4, 0.5) is 0 Å². The maximum absolute atomic E-state index is 10.8. The lowest BCUT2D eigenvalue weighted by Crippen LogP contribution is -1.92. The second-order valence-corrected chi connectivity index (χ2v) is 4.59. The molecule has 3 heterocycles. The van der Waals surface area contributed by atoms with E-state index in [1.54, 1.807) is 22.9 Å². The summed E-state index contributed by atoms with van der Waals surface area (Å²) in [5.74, 6) is -0.241. The van der Waals surface area contributed by atoms with E-state index in [2.05, 4.69) is 4.98 Å². The van der Waals surface area contributed by atoms with Crippen LogP contribution < -0.4 is 0 Å². The summed E-state index contributed by atoms with van der Waals surface area (Å²) in [7, 11) is 0. The van der Waals surface area contributed by atoms with E-state index in [9.17, 15) is 4.79 Å². The van der Waals surface area contributed by atoms with Crippen molar-refractivity contribution in [3.63, 3.8) is 0 Å². The molecule has 6 heteroatoms. The summed E-state index contributed by atoms with van der Waals surface area (Å²) in [6.45, 7) is 1.89. The van der Waals surface area contributed by atoms with Crippen molar-refractivity contribution in [1.29, 1.82) is 0 Å². The van der Waals surface area contributed by atoms with E-state index in [4.69, 9.17) is 9.52 Å². The number of aromatic carboxylic acids is 1. The molecule has 0 bridgehead atoms. The van der Waals surface area contributed by atoms with E-state index in [1.807, 2.05) is 13.0 Å². The number of carboxylic acids is 1. The van der Waals surface area contributed by atoms with E-state index in [0.29, 0.717) is 10.7 Å². The summed E-state index contributed by atoms with van der Waals surface area (Å²) in [6, 6.07) is 3.63. The summed E-state index contributed by atoms with van der Waals surface area (Å²) in [5.41, 5.74) is 1.62. The first kappa shape index (κ1) is 10.1. The molecule has 3 aromatic heterocycles. The number of fused-ring (bicyclic) bond motifs is 1. The molecule has 5 nitrogen and oxygen atoms in total. The zero-order chi connectivity index (χ0) is 12.0. The van der Waals surface area contributed by atoms with Crippen molar-refractivity contribution in [2.24, 2.45) is 0 Å². The fourth-order valence-electron chi connectivity index (χ4n) is 1.70. The second kappa shape index (κ2) is 3.46. The molecular weight excluding hydrogens is 240 g/mol. The van der Waals surface area contributed by atoms with Gasteiger partial charge in [-0.15, -0.1) is 0 Å². The van der Waals surface area contributed by atoms with Crippen molar-refractivity contribution >= 4 is 22.3 Å². The summed E-state index contributed by atoms with van der Waals surface area (Å²) in [6.07, 6.45) is 3.17. The third-order valence-electron chi connectivity index (χ3n) is 2.53. The smallest absolute Gasteiger partial charge is 0.347 e. The number of carbonyl (C=O) groups is 1. The molecule has 86 valence electrons. The number of hydrogen-bond acceptors (Lipinski definition) is 4. The van der Waals surface area contributed by atoms with Crippen LogP contribution in [0.3, 0.4) is 0 Å². The molecule has 0 radical (unpaired) electrons. The Balaban J connectivity index is 2.21. The molecule has 0 saturated heterocycles. The van der Waals surface area contributed by atoms with Crippen molar-refractivity contribution < 1.29 is 14.3 Å². The molecule has 3 aromatic rings. The topological polar surface area (TPSA) is 67.7 Å². The summed E-state index contributed by atoms with van der Waals surface area (Å²) < 4.78 is 7.06. The molecule has 0 aliphatic carbocycles. The highest BCUT2D eigenvalue weighted by Gasteiger charge is 2.17. The van der Waals surface area contributed by atoms with Gasteiger partial charge in [-0.2, -0.15) is 0 Å². The fraction of sp³-hybridized carbons (Fsp3) is 0.0909.